The van der Waals surface area contributed by atoms with Crippen molar-refractivity contribution in [2.75, 3.05) is 6.54 Å². The molecule has 19 heavy (non-hydrogen) atoms. The maximum absolute atomic E-state index is 12.7. The van der Waals surface area contributed by atoms with E-state index >= 15 is 0 Å². The molecule has 1 aromatic rings. The van der Waals surface area contributed by atoms with Crippen molar-refractivity contribution < 1.29 is 14.3 Å². The predicted molar refractivity (Wildman–Crippen MR) is 71.9 cm³/mol. The summed E-state index contributed by atoms with van der Waals surface area (Å²) in [6.45, 7) is 3.67. The molecule has 0 aliphatic carbocycles. The highest BCUT2D eigenvalue weighted by molar-refractivity contribution is 5.85. The van der Waals surface area contributed by atoms with Gasteiger partial charge in [-0.2, -0.15) is 0 Å². The van der Waals surface area contributed by atoms with Crippen molar-refractivity contribution in [1.29, 1.82) is 0 Å². The second-order valence-electron chi connectivity index (χ2n) is 4.94. The summed E-state index contributed by atoms with van der Waals surface area (Å²) in [5, 5.41) is 12.5. The van der Waals surface area contributed by atoms with Crippen molar-refractivity contribution in [3.63, 3.8) is 0 Å². The van der Waals surface area contributed by atoms with Crippen LogP contribution in [0.4, 0.5) is 4.39 Å². The van der Waals surface area contributed by atoms with Crippen molar-refractivity contribution >= 4 is 5.91 Å². The summed E-state index contributed by atoms with van der Waals surface area (Å²) in [7, 11) is 0. The third-order valence-electron chi connectivity index (χ3n) is 3.00. The van der Waals surface area contributed by atoms with E-state index in [2.05, 4.69) is 5.32 Å². The molecule has 0 aromatic heterocycles. The zero-order valence-corrected chi connectivity index (χ0v) is 11.3. The Morgan fingerprint density at radius 1 is 1.47 bits per heavy atom. The zero-order chi connectivity index (χ0) is 14.5. The average molecular weight is 268 g/mol. The monoisotopic (exact) mass is 268 g/mol. The highest BCUT2D eigenvalue weighted by Gasteiger charge is 2.27. The fourth-order valence-electron chi connectivity index (χ4n) is 1.83. The van der Waals surface area contributed by atoms with Crippen LogP contribution < -0.4 is 11.1 Å². The first-order chi connectivity index (χ1) is 8.86. The van der Waals surface area contributed by atoms with Crippen LogP contribution in [0.3, 0.4) is 0 Å². The number of carbonyl (C=O) groups excluding carboxylic acids is 1. The van der Waals surface area contributed by atoms with E-state index in [1.807, 2.05) is 6.92 Å². The molecule has 4 nitrogen and oxygen atoms in total. The van der Waals surface area contributed by atoms with Crippen LogP contribution in [0.15, 0.2) is 24.3 Å². The molecule has 4 N–H and O–H groups in total. The summed E-state index contributed by atoms with van der Waals surface area (Å²) in [5.74, 6) is -0.659. The standard InChI is InChI=1S/C14H21FN2O2/c1-3-8-14(2,16)13(19)17-9-12(18)10-4-6-11(15)7-5-10/h4-7,12,18H,3,8-9,16H2,1-2H3,(H,17,19). The van der Waals surface area contributed by atoms with Gasteiger partial charge in [0.1, 0.15) is 5.82 Å². The fraction of sp³-hybridized carbons (Fsp3) is 0.500. The molecule has 106 valence electrons. The maximum atomic E-state index is 12.7. The predicted octanol–water partition coefficient (Wildman–Crippen LogP) is 1.49. The normalized spacial score (nSPS) is 15.6. The van der Waals surface area contributed by atoms with Gasteiger partial charge in [0.05, 0.1) is 11.6 Å². The van der Waals surface area contributed by atoms with E-state index in [0.29, 0.717) is 12.0 Å². The van der Waals surface area contributed by atoms with Crippen LogP contribution in [-0.4, -0.2) is 23.1 Å². The molecule has 0 aliphatic heterocycles. The summed E-state index contributed by atoms with van der Waals surface area (Å²) < 4.78 is 12.7. The van der Waals surface area contributed by atoms with E-state index < -0.39 is 11.6 Å². The molecule has 0 saturated heterocycles. The smallest absolute Gasteiger partial charge is 0.239 e. The summed E-state index contributed by atoms with van der Waals surface area (Å²) in [6.07, 6.45) is 0.508. The molecule has 1 aromatic carbocycles. The van der Waals surface area contributed by atoms with Crippen molar-refractivity contribution in [3.05, 3.63) is 35.6 Å². The number of halogens is 1. The van der Waals surface area contributed by atoms with E-state index in [1.54, 1.807) is 6.92 Å². The number of hydrogen-bond acceptors (Lipinski definition) is 3. The highest BCUT2D eigenvalue weighted by Crippen LogP contribution is 2.13. The van der Waals surface area contributed by atoms with E-state index in [4.69, 9.17) is 5.73 Å². The average Bonchev–Trinajstić information content (AvgIpc) is 2.36. The maximum Gasteiger partial charge on any atom is 0.239 e. The second kappa shape index (κ2) is 6.63. The lowest BCUT2D eigenvalue weighted by Gasteiger charge is -2.23. The topological polar surface area (TPSA) is 75.4 Å². The van der Waals surface area contributed by atoms with Gasteiger partial charge >= 0.3 is 0 Å². The Hall–Kier alpha value is -1.46. The van der Waals surface area contributed by atoms with Gasteiger partial charge in [-0.05, 0) is 31.0 Å². The molecule has 0 spiro atoms. The van der Waals surface area contributed by atoms with Crippen LogP contribution in [0.5, 0.6) is 0 Å². The van der Waals surface area contributed by atoms with Gasteiger partial charge in [0.15, 0.2) is 0 Å². The molecule has 0 radical (unpaired) electrons. The molecular weight excluding hydrogens is 247 g/mol. The number of carbonyl (C=O) groups is 1. The van der Waals surface area contributed by atoms with Crippen molar-refractivity contribution in [3.8, 4) is 0 Å². The van der Waals surface area contributed by atoms with Gasteiger partial charge in [-0.15, -0.1) is 0 Å². The zero-order valence-electron chi connectivity index (χ0n) is 11.3. The molecule has 0 fully saturated rings. The van der Waals surface area contributed by atoms with Crippen LogP contribution in [0.1, 0.15) is 38.4 Å². The molecule has 5 heteroatoms. The third kappa shape index (κ3) is 4.61. The van der Waals surface area contributed by atoms with Gasteiger partial charge in [0.2, 0.25) is 5.91 Å². The molecule has 0 aliphatic rings. The van der Waals surface area contributed by atoms with Crippen molar-refractivity contribution in [1.82, 2.24) is 5.32 Å². The minimum atomic E-state index is -0.933. The SMILES string of the molecule is CCCC(C)(N)C(=O)NCC(O)c1ccc(F)cc1. The first-order valence-corrected chi connectivity index (χ1v) is 6.37. The lowest BCUT2D eigenvalue weighted by atomic mass is 9.96. The lowest BCUT2D eigenvalue weighted by molar-refractivity contribution is -0.126. The second-order valence-corrected chi connectivity index (χ2v) is 4.94. The Kier molecular flexibility index (Phi) is 5.44. The van der Waals surface area contributed by atoms with E-state index in [1.165, 1.54) is 24.3 Å². The fourth-order valence-corrected chi connectivity index (χ4v) is 1.83. The Morgan fingerprint density at radius 2 is 2.05 bits per heavy atom. The molecule has 2 unspecified atom stereocenters. The lowest BCUT2D eigenvalue weighted by Crippen LogP contribution is -2.52. The van der Waals surface area contributed by atoms with Gasteiger partial charge in [0.25, 0.3) is 0 Å². The van der Waals surface area contributed by atoms with E-state index in [-0.39, 0.29) is 18.3 Å². The molecular formula is C14H21FN2O2. The number of aliphatic hydroxyl groups is 1. The van der Waals surface area contributed by atoms with Crippen LogP contribution in [0.2, 0.25) is 0 Å². The van der Waals surface area contributed by atoms with Gasteiger partial charge in [-0.3, -0.25) is 4.79 Å². The Morgan fingerprint density at radius 3 is 2.58 bits per heavy atom. The number of amides is 1. The molecule has 0 heterocycles. The summed E-state index contributed by atoms with van der Waals surface area (Å²) in [5.41, 5.74) is 5.49. The Balaban J connectivity index is 2.52. The van der Waals surface area contributed by atoms with Crippen LogP contribution >= 0.6 is 0 Å². The van der Waals surface area contributed by atoms with Gasteiger partial charge in [-0.1, -0.05) is 25.5 Å². The number of hydrogen-bond donors (Lipinski definition) is 3. The molecule has 1 rings (SSSR count). The number of nitrogens with two attached hydrogens (primary N) is 1. The summed E-state index contributed by atoms with van der Waals surface area (Å²) in [6, 6.07) is 5.51. The van der Waals surface area contributed by atoms with E-state index in [0.717, 1.165) is 6.42 Å². The largest absolute Gasteiger partial charge is 0.387 e. The van der Waals surface area contributed by atoms with Gasteiger partial charge < -0.3 is 16.2 Å². The number of rotatable bonds is 6. The highest BCUT2D eigenvalue weighted by atomic mass is 19.1. The molecule has 2 atom stereocenters. The van der Waals surface area contributed by atoms with Gasteiger partial charge in [0, 0.05) is 6.54 Å². The minimum absolute atomic E-state index is 0.0565. The first kappa shape index (κ1) is 15.6. The Labute approximate surface area is 112 Å². The van der Waals surface area contributed by atoms with E-state index in [9.17, 15) is 14.3 Å². The number of aliphatic hydroxyl groups excluding tert-OH is 1. The summed E-state index contributed by atoms with van der Waals surface area (Å²) in [4.78, 5) is 11.8. The molecule has 0 saturated carbocycles. The summed E-state index contributed by atoms with van der Waals surface area (Å²) >= 11 is 0. The molecule has 1 amide bonds. The third-order valence-corrected chi connectivity index (χ3v) is 3.00. The van der Waals surface area contributed by atoms with Crippen LogP contribution in [0, 0.1) is 5.82 Å². The number of benzene rings is 1. The van der Waals surface area contributed by atoms with Crippen LogP contribution in [-0.2, 0) is 4.79 Å². The minimum Gasteiger partial charge on any atom is -0.387 e. The quantitative estimate of drug-likeness (QED) is 0.731. The van der Waals surface area contributed by atoms with Crippen LogP contribution in [0.25, 0.3) is 0 Å². The molecule has 0 bridgehead atoms. The van der Waals surface area contributed by atoms with Crippen molar-refractivity contribution in [2.45, 2.75) is 38.3 Å². The first-order valence-electron chi connectivity index (χ1n) is 6.37. The van der Waals surface area contributed by atoms with Gasteiger partial charge in [-0.25, -0.2) is 4.39 Å². The Bertz CT molecular complexity index is 418. The number of nitrogens with one attached hydrogen (secondary N) is 1. The van der Waals surface area contributed by atoms with Crippen molar-refractivity contribution in [2.24, 2.45) is 5.73 Å².